The van der Waals surface area contributed by atoms with E-state index in [4.69, 9.17) is 16.3 Å². The van der Waals surface area contributed by atoms with E-state index in [1.54, 1.807) is 12.3 Å². The lowest BCUT2D eigenvalue weighted by Crippen LogP contribution is -2.52. The third-order valence-corrected chi connectivity index (χ3v) is 9.34. The molecule has 0 atom stereocenters. The van der Waals surface area contributed by atoms with E-state index in [1.165, 1.54) is 25.9 Å². The van der Waals surface area contributed by atoms with Crippen molar-refractivity contribution in [1.82, 2.24) is 25.1 Å². The summed E-state index contributed by atoms with van der Waals surface area (Å²) in [5.41, 5.74) is 3.10. The van der Waals surface area contributed by atoms with Crippen LogP contribution < -0.4 is 25.6 Å². The Kier molecular flexibility index (Phi) is 9.92. The van der Waals surface area contributed by atoms with Gasteiger partial charge in [0.1, 0.15) is 10.8 Å². The maximum atomic E-state index is 13.0. The van der Waals surface area contributed by atoms with Gasteiger partial charge in [-0.2, -0.15) is 4.98 Å². The summed E-state index contributed by atoms with van der Waals surface area (Å²) in [6.07, 6.45) is 7.08. The van der Waals surface area contributed by atoms with Crippen LogP contribution in [-0.2, 0) is 0 Å². The van der Waals surface area contributed by atoms with Crippen LogP contribution in [0.2, 0.25) is 5.02 Å². The van der Waals surface area contributed by atoms with Gasteiger partial charge in [-0.1, -0.05) is 23.7 Å². The molecule has 1 aromatic heterocycles. The Morgan fingerprint density at radius 2 is 1.71 bits per heavy atom. The van der Waals surface area contributed by atoms with Crippen LogP contribution in [0.25, 0.3) is 0 Å². The Labute approximate surface area is 271 Å². The molecule has 10 nitrogen and oxygen atoms in total. The maximum Gasteiger partial charge on any atom is 0.253 e. The van der Waals surface area contributed by atoms with Crippen LogP contribution in [0.1, 0.15) is 56.3 Å². The van der Waals surface area contributed by atoms with Gasteiger partial charge in [0.15, 0.2) is 5.82 Å². The Bertz CT molecular complexity index is 1470. The molecule has 0 spiro atoms. The Morgan fingerprint density at radius 1 is 0.956 bits per heavy atom. The minimum absolute atomic E-state index is 0.00489. The van der Waals surface area contributed by atoms with Crippen LogP contribution in [0, 0.1) is 0 Å². The quantitative estimate of drug-likeness (QED) is 0.252. The molecule has 45 heavy (non-hydrogen) atoms. The predicted octanol–water partition coefficient (Wildman–Crippen LogP) is 5.90. The van der Waals surface area contributed by atoms with Crippen LogP contribution in [0.3, 0.4) is 0 Å². The Hall–Kier alpha value is -3.60. The van der Waals surface area contributed by atoms with Gasteiger partial charge in [0, 0.05) is 63.1 Å². The summed E-state index contributed by atoms with van der Waals surface area (Å²) in [5, 5.41) is 10.1. The zero-order valence-electron chi connectivity index (χ0n) is 26.6. The van der Waals surface area contributed by atoms with Gasteiger partial charge >= 0.3 is 0 Å². The number of hydrogen-bond donors (Lipinski definition) is 3. The molecule has 1 saturated carbocycles. The number of hydrogen-bond acceptors (Lipinski definition) is 9. The number of nitrogens with one attached hydrogen (secondary N) is 3. The molecule has 3 aromatic rings. The van der Waals surface area contributed by atoms with Crippen molar-refractivity contribution in [2.24, 2.45) is 0 Å². The second kappa shape index (κ2) is 14.2. The van der Waals surface area contributed by atoms with E-state index < -0.39 is 0 Å². The first-order valence-corrected chi connectivity index (χ1v) is 16.6. The third-order valence-electron chi connectivity index (χ3n) is 9.07. The number of likely N-dealkylation sites (N-methyl/N-ethyl adjacent to an activating group) is 1. The zero-order chi connectivity index (χ0) is 31.3. The SMILES string of the molecule is CC(C)Oc1cc(N2CCC(N3CCN(C)CC3)CC2)ccc1Nc1ncc(Cl)c(Nc2ccccc2C(=O)NC2CCC2)n1. The van der Waals surface area contributed by atoms with Gasteiger partial charge in [0.05, 0.1) is 29.2 Å². The van der Waals surface area contributed by atoms with Crippen LogP contribution >= 0.6 is 11.6 Å². The van der Waals surface area contributed by atoms with E-state index in [0.717, 1.165) is 62.6 Å². The lowest BCUT2D eigenvalue weighted by Gasteiger charge is -2.42. The topological polar surface area (TPSA) is 97.9 Å². The standard InChI is InChI=1S/C34H45ClN8O2/c1-23(2)45-31-21-26(42-15-13-25(14-16-42)43-19-17-41(3)18-20-43)11-12-30(31)39-34-36-22-28(35)32(40-34)38-29-10-5-4-9-27(29)33(44)37-24-7-6-8-24/h4-5,9-12,21-25H,6-8,13-20H2,1-3H3,(H,37,44)(H2,36,38,39,40). The Morgan fingerprint density at radius 3 is 2.42 bits per heavy atom. The number of aromatic nitrogens is 2. The number of anilines is 5. The van der Waals surface area contributed by atoms with Crippen molar-refractivity contribution in [2.45, 2.75) is 64.1 Å². The summed E-state index contributed by atoms with van der Waals surface area (Å²) in [4.78, 5) is 29.6. The number of amides is 1. The van der Waals surface area contributed by atoms with Gasteiger partial charge in [-0.05, 0) is 77.3 Å². The second-order valence-electron chi connectivity index (χ2n) is 12.7. The van der Waals surface area contributed by atoms with Crippen LogP contribution in [0.15, 0.2) is 48.7 Å². The fraction of sp³-hybridized carbons (Fsp3) is 0.500. The molecule has 1 amide bonds. The number of para-hydroxylation sites is 1. The number of carbonyl (C=O) groups is 1. The van der Waals surface area contributed by atoms with Crippen LogP contribution in [0.4, 0.5) is 28.8 Å². The highest BCUT2D eigenvalue weighted by Crippen LogP contribution is 2.35. The monoisotopic (exact) mass is 632 g/mol. The first-order chi connectivity index (χ1) is 21.8. The minimum atomic E-state index is -0.106. The molecule has 2 aliphatic heterocycles. The van der Waals surface area contributed by atoms with E-state index in [2.05, 4.69) is 59.8 Å². The van der Waals surface area contributed by atoms with Crippen molar-refractivity contribution in [1.29, 1.82) is 0 Å². The average molecular weight is 633 g/mol. The molecule has 11 heteroatoms. The normalized spacial score (nSPS) is 18.5. The average Bonchev–Trinajstić information content (AvgIpc) is 3.02. The number of ether oxygens (including phenoxy) is 1. The first kappa shape index (κ1) is 31.4. The van der Waals surface area contributed by atoms with Gasteiger partial charge in [-0.25, -0.2) is 4.98 Å². The van der Waals surface area contributed by atoms with Crippen molar-refractivity contribution in [3.63, 3.8) is 0 Å². The van der Waals surface area contributed by atoms with Crippen molar-refractivity contribution < 1.29 is 9.53 Å². The largest absolute Gasteiger partial charge is 0.489 e. The maximum absolute atomic E-state index is 13.0. The third kappa shape index (κ3) is 7.80. The smallest absolute Gasteiger partial charge is 0.253 e. The lowest BCUT2D eigenvalue weighted by molar-refractivity contribution is 0.0918. The molecule has 3 aliphatic rings. The highest BCUT2D eigenvalue weighted by molar-refractivity contribution is 6.33. The molecule has 3 fully saturated rings. The summed E-state index contributed by atoms with van der Waals surface area (Å²) in [6, 6.07) is 14.6. The molecule has 3 N–H and O–H groups in total. The number of rotatable bonds is 10. The number of piperidine rings is 1. The first-order valence-electron chi connectivity index (χ1n) is 16.3. The summed E-state index contributed by atoms with van der Waals surface area (Å²) < 4.78 is 6.27. The lowest BCUT2D eigenvalue weighted by atomic mass is 9.93. The number of piperazine rings is 1. The van der Waals surface area contributed by atoms with Crippen molar-refractivity contribution in [3.8, 4) is 5.75 Å². The molecule has 0 unspecified atom stereocenters. The summed E-state index contributed by atoms with van der Waals surface area (Å²) in [6.45, 7) is 10.8. The molecule has 2 aromatic carbocycles. The van der Waals surface area contributed by atoms with Crippen LogP contribution in [-0.4, -0.2) is 90.2 Å². The molecule has 0 radical (unpaired) electrons. The van der Waals surface area contributed by atoms with Crippen molar-refractivity contribution >= 4 is 46.3 Å². The van der Waals surface area contributed by atoms with Gasteiger partial charge in [-0.3, -0.25) is 9.69 Å². The van der Waals surface area contributed by atoms with Gasteiger partial charge in [0.2, 0.25) is 5.95 Å². The van der Waals surface area contributed by atoms with E-state index in [9.17, 15) is 4.79 Å². The molecule has 2 saturated heterocycles. The summed E-state index contributed by atoms with van der Waals surface area (Å²) in [7, 11) is 2.21. The highest BCUT2D eigenvalue weighted by atomic mass is 35.5. The van der Waals surface area contributed by atoms with Crippen LogP contribution in [0.5, 0.6) is 5.75 Å². The minimum Gasteiger partial charge on any atom is -0.489 e. The molecule has 240 valence electrons. The van der Waals surface area contributed by atoms with Crippen molar-refractivity contribution in [3.05, 3.63) is 59.2 Å². The molecule has 1 aliphatic carbocycles. The summed E-state index contributed by atoms with van der Waals surface area (Å²) in [5.74, 6) is 1.41. The second-order valence-corrected chi connectivity index (χ2v) is 13.1. The molecular weight excluding hydrogens is 588 g/mol. The predicted molar refractivity (Wildman–Crippen MR) is 182 cm³/mol. The Balaban J connectivity index is 1.15. The van der Waals surface area contributed by atoms with Gasteiger partial charge in [0.25, 0.3) is 5.91 Å². The fourth-order valence-corrected chi connectivity index (χ4v) is 6.35. The van der Waals surface area contributed by atoms with Crippen molar-refractivity contribution in [2.75, 3.05) is 61.8 Å². The molecular formula is C34H45ClN8O2. The van der Waals surface area contributed by atoms with E-state index in [1.807, 2.05) is 38.1 Å². The van der Waals surface area contributed by atoms with Gasteiger partial charge < -0.3 is 30.5 Å². The molecule has 6 rings (SSSR count). The molecule has 0 bridgehead atoms. The van der Waals surface area contributed by atoms with E-state index in [-0.39, 0.29) is 18.1 Å². The number of halogens is 1. The number of benzene rings is 2. The zero-order valence-corrected chi connectivity index (χ0v) is 27.3. The summed E-state index contributed by atoms with van der Waals surface area (Å²) >= 11 is 6.52. The number of carbonyl (C=O) groups excluding carboxylic acids is 1. The fourth-order valence-electron chi connectivity index (χ4n) is 6.21. The van der Waals surface area contributed by atoms with Gasteiger partial charge in [-0.15, -0.1) is 0 Å². The van der Waals surface area contributed by atoms with E-state index >= 15 is 0 Å². The molecule has 3 heterocycles. The highest BCUT2D eigenvalue weighted by Gasteiger charge is 2.27. The number of nitrogens with zero attached hydrogens (tertiary/aromatic N) is 5. The van der Waals surface area contributed by atoms with E-state index in [0.29, 0.717) is 34.1 Å².